The van der Waals surface area contributed by atoms with Gasteiger partial charge >= 0.3 is 5.97 Å². The Bertz CT molecular complexity index is 2200. The Morgan fingerprint density at radius 2 is 1.55 bits per heavy atom. The summed E-state index contributed by atoms with van der Waals surface area (Å²) in [7, 11) is 1.54. The summed E-state index contributed by atoms with van der Waals surface area (Å²) in [6.07, 6.45) is 7.85. The molecule has 0 saturated carbocycles. The molecule has 2 aromatic rings. The largest absolute Gasteiger partial charge is 0.493 e. The average molecular weight is 917 g/mol. The van der Waals surface area contributed by atoms with Gasteiger partial charge in [0.25, 0.3) is 17.7 Å². The molecule has 15 nitrogen and oxygen atoms in total. The average Bonchev–Trinajstić information content (AvgIpc) is 3.75. The normalized spacial score (nSPS) is 18.1. The number of unbranched alkanes of at least 4 members (excludes halogenated alkanes) is 3. The lowest BCUT2D eigenvalue weighted by Crippen LogP contribution is -2.42. The van der Waals surface area contributed by atoms with E-state index in [2.05, 4.69) is 39.4 Å². The number of aliphatic imine (C=N–C) groups is 1. The van der Waals surface area contributed by atoms with Crippen LogP contribution in [0.4, 0.5) is 11.4 Å². The fourth-order valence-electron chi connectivity index (χ4n) is 8.07. The van der Waals surface area contributed by atoms with E-state index in [-0.39, 0.29) is 72.3 Å². The van der Waals surface area contributed by atoms with Crippen molar-refractivity contribution >= 4 is 68.9 Å². The number of fused-ring (bicyclic) bond motifs is 4. The van der Waals surface area contributed by atoms with Crippen LogP contribution >= 0.6 is 15.9 Å². The van der Waals surface area contributed by atoms with Crippen LogP contribution in [0.25, 0.3) is 0 Å². The number of ketones is 1. The molecule has 2 saturated heterocycles. The number of benzene rings is 2. The molecule has 6 rings (SSSR count). The number of aryl methyl sites for hydroxylation is 1. The number of nitrogens with one attached hydrogen (secondary N) is 1. The highest BCUT2D eigenvalue weighted by atomic mass is 79.9. The lowest BCUT2D eigenvalue weighted by atomic mass is 10.0. The zero-order valence-electron chi connectivity index (χ0n) is 35.3. The van der Waals surface area contributed by atoms with Gasteiger partial charge in [0, 0.05) is 69.9 Å². The van der Waals surface area contributed by atoms with Gasteiger partial charge in [0.15, 0.2) is 17.3 Å². The first kappa shape index (κ1) is 45.7. The molecule has 62 heavy (non-hydrogen) atoms. The van der Waals surface area contributed by atoms with Crippen molar-refractivity contribution in [1.82, 2.24) is 15.1 Å². The summed E-state index contributed by atoms with van der Waals surface area (Å²) < 4.78 is 18.0. The fourth-order valence-corrected chi connectivity index (χ4v) is 8.47. The quantitative estimate of drug-likeness (QED) is 0.0831. The van der Waals surface area contributed by atoms with E-state index in [1.165, 1.54) is 6.08 Å². The molecular weight excluding hydrogens is 862 g/mol. The van der Waals surface area contributed by atoms with Gasteiger partial charge < -0.3 is 39.3 Å². The molecule has 2 N–H and O–H groups in total. The smallest absolute Gasteiger partial charge is 0.303 e. The van der Waals surface area contributed by atoms with Crippen molar-refractivity contribution in [3.63, 3.8) is 0 Å². The first-order valence-electron chi connectivity index (χ1n) is 21.1. The Kier molecular flexibility index (Phi) is 15.4. The summed E-state index contributed by atoms with van der Waals surface area (Å²) in [5.74, 6) is -0.617. The fraction of sp³-hybridized carbons (Fsp3) is 0.457. The number of carboxylic acid groups (broad SMARTS) is 1. The number of amides is 4. The maximum Gasteiger partial charge on any atom is 0.303 e. The van der Waals surface area contributed by atoms with E-state index in [4.69, 9.17) is 19.3 Å². The van der Waals surface area contributed by atoms with Crippen LogP contribution in [0.5, 0.6) is 17.2 Å². The minimum atomic E-state index is -0.955. The number of anilines is 1. The molecule has 4 aliphatic heterocycles. The minimum absolute atomic E-state index is 0.0476. The summed E-state index contributed by atoms with van der Waals surface area (Å²) >= 11 is 3.12. The van der Waals surface area contributed by atoms with Gasteiger partial charge in [-0.05, 0) is 91.9 Å². The maximum atomic E-state index is 13.9. The summed E-state index contributed by atoms with van der Waals surface area (Å²) in [4.78, 5) is 86.4. The highest BCUT2D eigenvalue weighted by Crippen LogP contribution is 2.40. The van der Waals surface area contributed by atoms with Crippen LogP contribution in [0.1, 0.15) is 96.9 Å². The van der Waals surface area contributed by atoms with Gasteiger partial charge in [0.05, 0.1) is 59.4 Å². The zero-order valence-corrected chi connectivity index (χ0v) is 36.9. The van der Waals surface area contributed by atoms with Crippen molar-refractivity contribution in [2.24, 2.45) is 4.99 Å². The molecule has 0 spiro atoms. The lowest BCUT2D eigenvalue weighted by molar-refractivity contribution is -0.137. The van der Waals surface area contributed by atoms with Crippen molar-refractivity contribution in [3.8, 4) is 17.2 Å². The Hall–Kier alpha value is -5.77. The SMILES string of the molecule is C=C1C[C@H]2CN(C(=O)CCCCC(=O)/C=C(/Br)C(=O)NCCCC(=O)O)c3cc(OCCCCCOc4cc5c(cc4OC)C(=O)N4CC(=C)C[C@H]4C=N5)c(C)cc3C(=O)N2C1. The highest BCUT2D eigenvalue weighted by Gasteiger charge is 2.40. The lowest BCUT2D eigenvalue weighted by Gasteiger charge is -2.26. The van der Waals surface area contributed by atoms with Gasteiger partial charge in [-0.15, -0.1) is 0 Å². The van der Waals surface area contributed by atoms with E-state index in [1.807, 2.05) is 6.92 Å². The molecule has 0 unspecified atom stereocenters. The molecule has 4 aliphatic rings. The van der Waals surface area contributed by atoms with Crippen molar-refractivity contribution in [3.05, 3.63) is 75.8 Å². The third kappa shape index (κ3) is 11.2. The second-order valence-electron chi connectivity index (χ2n) is 16.1. The number of ether oxygens (including phenoxy) is 3. The molecule has 0 radical (unpaired) electrons. The van der Waals surface area contributed by atoms with Gasteiger partial charge in [-0.3, -0.25) is 33.8 Å². The summed E-state index contributed by atoms with van der Waals surface area (Å²) in [6.45, 7) is 12.3. The van der Waals surface area contributed by atoms with E-state index < -0.39 is 11.9 Å². The highest BCUT2D eigenvalue weighted by molar-refractivity contribution is 9.12. The van der Waals surface area contributed by atoms with E-state index in [9.17, 15) is 28.8 Å². The Morgan fingerprint density at radius 3 is 2.29 bits per heavy atom. The van der Waals surface area contributed by atoms with E-state index >= 15 is 0 Å². The second-order valence-corrected chi connectivity index (χ2v) is 17.0. The standard InChI is InChI=1S/C46H54BrN5O10/c1-28-17-31-24-49-37-22-41(40(60-4)21-34(37)45(58)50(31)25-28)62-16-9-5-8-15-61-39-23-38-35(19-30(39)3)46(59)51-26-29(2)18-32(51)27-52(38)42(54)12-7-6-11-33(53)20-36(47)44(57)48-14-10-13-43(55)56/h19-24,31-32H,1-2,5-18,25-27H2,3-4H3,(H,48,57)(H,55,56)/b36-20+/t31-,32-/m0/s1. The molecule has 0 aromatic heterocycles. The van der Waals surface area contributed by atoms with Crippen LogP contribution in [0, 0.1) is 6.92 Å². The number of carboxylic acids is 1. The molecule has 0 aliphatic carbocycles. The molecular formula is C46H54BrN5O10. The maximum absolute atomic E-state index is 13.9. The monoisotopic (exact) mass is 915 g/mol. The number of rotatable bonds is 20. The molecule has 4 heterocycles. The van der Waals surface area contributed by atoms with Gasteiger partial charge in [-0.2, -0.15) is 0 Å². The van der Waals surface area contributed by atoms with Crippen molar-refractivity contribution in [2.75, 3.05) is 51.4 Å². The van der Waals surface area contributed by atoms with Gasteiger partial charge in [0.2, 0.25) is 5.91 Å². The summed E-state index contributed by atoms with van der Waals surface area (Å²) in [5.41, 5.74) is 4.66. The predicted molar refractivity (Wildman–Crippen MR) is 237 cm³/mol. The second kappa shape index (κ2) is 20.9. The molecule has 2 atom stereocenters. The van der Waals surface area contributed by atoms with Crippen molar-refractivity contribution in [2.45, 2.75) is 89.6 Å². The van der Waals surface area contributed by atoms with Crippen LogP contribution in [0.3, 0.4) is 0 Å². The number of hydrogen-bond acceptors (Lipinski definition) is 10. The number of halogens is 1. The van der Waals surface area contributed by atoms with E-state index in [0.29, 0.717) is 98.3 Å². The van der Waals surface area contributed by atoms with Gasteiger partial charge in [0.1, 0.15) is 5.75 Å². The molecule has 330 valence electrons. The molecule has 4 amide bonds. The van der Waals surface area contributed by atoms with E-state index in [1.54, 1.807) is 52.3 Å². The van der Waals surface area contributed by atoms with Crippen LogP contribution in [-0.2, 0) is 19.2 Å². The molecule has 2 aromatic carbocycles. The van der Waals surface area contributed by atoms with E-state index in [0.717, 1.165) is 36.0 Å². The third-order valence-electron chi connectivity index (χ3n) is 11.3. The Labute approximate surface area is 370 Å². The molecule has 16 heteroatoms. The Morgan fingerprint density at radius 1 is 0.855 bits per heavy atom. The zero-order chi connectivity index (χ0) is 44.5. The number of hydrogen-bond donors (Lipinski definition) is 2. The third-order valence-corrected chi connectivity index (χ3v) is 11.9. The topological polar surface area (TPSA) is 184 Å². The first-order chi connectivity index (χ1) is 29.7. The van der Waals surface area contributed by atoms with Crippen molar-refractivity contribution in [1.29, 1.82) is 0 Å². The number of methoxy groups -OCH3 is 1. The van der Waals surface area contributed by atoms with Crippen LogP contribution in [0.2, 0.25) is 0 Å². The summed E-state index contributed by atoms with van der Waals surface area (Å²) in [5, 5.41) is 11.3. The number of carbonyl (C=O) groups excluding carboxylic acids is 5. The van der Waals surface area contributed by atoms with Crippen molar-refractivity contribution < 1.29 is 48.1 Å². The van der Waals surface area contributed by atoms with Crippen LogP contribution in [-0.4, -0.2) is 115 Å². The van der Waals surface area contributed by atoms with Gasteiger partial charge in [-0.25, -0.2) is 0 Å². The Balaban J connectivity index is 1.01. The molecule has 0 bridgehead atoms. The number of aliphatic carboxylic acids is 1. The summed E-state index contributed by atoms with van der Waals surface area (Å²) in [6, 6.07) is 6.71. The number of allylic oxidation sites excluding steroid dienone is 1. The number of nitrogens with zero attached hydrogens (tertiary/aromatic N) is 4. The molecule has 2 fully saturated rings. The first-order valence-corrected chi connectivity index (χ1v) is 21.8. The van der Waals surface area contributed by atoms with Crippen LogP contribution in [0.15, 0.2) is 64.1 Å². The van der Waals surface area contributed by atoms with Gasteiger partial charge in [-0.1, -0.05) is 24.3 Å². The minimum Gasteiger partial charge on any atom is -0.493 e. The van der Waals surface area contributed by atoms with Crippen LogP contribution < -0.4 is 24.4 Å². The number of carbonyl (C=O) groups is 6. The predicted octanol–water partition coefficient (Wildman–Crippen LogP) is 6.62.